The molecule has 4 heteroatoms. The summed E-state index contributed by atoms with van der Waals surface area (Å²) in [6.07, 6.45) is 2.38. The fourth-order valence-electron chi connectivity index (χ4n) is 2.71. The Morgan fingerprint density at radius 2 is 1.89 bits per heavy atom. The van der Waals surface area contributed by atoms with Gasteiger partial charge < -0.3 is 10.6 Å². The van der Waals surface area contributed by atoms with Crippen LogP contribution in [0.5, 0.6) is 0 Å². The molecule has 0 spiro atoms. The number of para-hydroxylation sites is 1. The maximum Gasteiger partial charge on any atom is 0.217 e. The van der Waals surface area contributed by atoms with Crippen molar-refractivity contribution in [2.75, 3.05) is 18.0 Å². The number of hydrogen-bond acceptors (Lipinski definition) is 3. The van der Waals surface area contributed by atoms with Crippen molar-refractivity contribution in [2.24, 2.45) is 11.7 Å². The molecule has 0 aliphatic carbocycles. The highest BCUT2D eigenvalue weighted by Gasteiger charge is 2.22. The Kier molecular flexibility index (Phi) is 4.20. The molecule has 2 rings (SSSR count). The predicted molar refractivity (Wildman–Crippen MR) is 75.2 cm³/mol. The van der Waals surface area contributed by atoms with E-state index in [0.717, 1.165) is 37.2 Å². The lowest BCUT2D eigenvalue weighted by Gasteiger charge is -2.34. The summed E-state index contributed by atoms with van der Waals surface area (Å²) in [6, 6.07) is 7.70. The number of carbonyl (C=O) groups excluding carboxylic acids is 2. The summed E-state index contributed by atoms with van der Waals surface area (Å²) in [4.78, 5) is 24.8. The molecule has 1 aliphatic rings. The molecule has 0 saturated carbocycles. The molecule has 0 bridgehead atoms. The summed E-state index contributed by atoms with van der Waals surface area (Å²) >= 11 is 0. The number of amides is 1. The second-order valence-corrected chi connectivity index (χ2v) is 5.17. The van der Waals surface area contributed by atoms with E-state index >= 15 is 0 Å². The fourth-order valence-corrected chi connectivity index (χ4v) is 2.71. The number of nitrogens with two attached hydrogens (primary N) is 1. The van der Waals surface area contributed by atoms with E-state index in [9.17, 15) is 9.59 Å². The highest BCUT2D eigenvalue weighted by atomic mass is 16.1. The zero-order valence-electron chi connectivity index (χ0n) is 11.3. The number of piperidine rings is 1. The van der Waals surface area contributed by atoms with E-state index in [-0.39, 0.29) is 11.7 Å². The van der Waals surface area contributed by atoms with Gasteiger partial charge in [-0.15, -0.1) is 0 Å². The molecule has 1 fully saturated rings. The van der Waals surface area contributed by atoms with E-state index in [0.29, 0.717) is 12.3 Å². The van der Waals surface area contributed by atoms with E-state index in [1.54, 1.807) is 6.92 Å². The van der Waals surface area contributed by atoms with Gasteiger partial charge in [-0.3, -0.25) is 9.59 Å². The van der Waals surface area contributed by atoms with E-state index in [1.165, 1.54) is 0 Å². The van der Waals surface area contributed by atoms with Crippen LogP contribution in [0.25, 0.3) is 0 Å². The molecule has 2 N–H and O–H groups in total. The molecule has 1 aliphatic heterocycles. The van der Waals surface area contributed by atoms with Crippen LogP contribution >= 0.6 is 0 Å². The Bertz CT molecular complexity index is 477. The third-order valence-corrected chi connectivity index (χ3v) is 3.73. The molecule has 0 radical (unpaired) electrons. The standard InChI is InChI=1S/C15H20N2O2/c1-11(18)13-4-2-3-5-14(13)17-8-6-12(7-9-17)10-15(16)19/h2-5,12H,6-10H2,1H3,(H2,16,19). The first kappa shape index (κ1) is 13.6. The number of rotatable bonds is 4. The number of carbonyl (C=O) groups is 2. The van der Waals surface area contributed by atoms with Crippen molar-refractivity contribution < 1.29 is 9.59 Å². The molecule has 1 saturated heterocycles. The lowest BCUT2D eigenvalue weighted by molar-refractivity contribution is -0.119. The molecule has 1 aromatic carbocycles. The van der Waals surface area contributed by atoms with Gasteiger partial charge in [0.25, 0.3) is 0 Å². The third-order valence-electron chi connectivity index (χ3n) is 3.73. The first-order valence-corrected chi connectivity index (χ1v) is 6.71. The Morgan fingerprint density at radius 1 is 1.26 bits per heavy atom. The fraction of sp³-hybridized carbons (Fsp3) is 0.467. The Morgan fingerprint density at radius 3 is 2.47 bits per heavy atom. The van der Waals surface area contributed by atoms with Gasteiger partial charge in [-0.1, -0.05) is 12.1 Å². The van der Waals surface area contributed by atoms with Crippen LogP contribution in [0.4, 0.5) is 5.69 Å². The SMILES string of the molecule is CC(=O)c1ccccc1N1CCC(CC(N)=O)CC1. The topological polar surface area (TPSA) is 63.4 Å². The van der Waals surface area contributed by atoms with Gasteiger partial charge in [0, 0.05) is 30.8 Å². The van der Waals surface area contributed by atoms with Crippen molar-refractivity contribution in [3.8, 4) is 0 Å². The summed E-state index contributed by atoms with van der Waals surface area (Å²) in [5.74, 6) is 0.260. The second-order valence-electron chi connectivity index (χ2n) is 5.17. The van der Waals surface area contributed by atoms with Gasteiger partial charge in [0.15, 0.2) is 5.78 Å². The van der Waals surface area contributed by atoms with Crippen molar-refractivity contribution in [1.82, 2.24) is 0 Å². The zero-order valence-corrected chi connectivity index (χ0v) is 11.3. The average Bonchev–Trinajstić information content (AvgIpc) is 2.39. The summed E-state index contributed by atoms with van der Waals surface area (Å²) in [7, 11) is 0. The number of benzene rings is 1. The van der Waals surface area contributed by atoms with E-state index in [2.05, 4.69) is 4.90 Å². The molecular weight excluding hydrogens is 240 g/mol. The van der Waals surface area contributed by atoms with Crippen LogP contribution in [0, 0.1) is 5.92 Å². The van der Waals surface area contributed by atoms with E-state index in [4.69, 9.17) is 5.73 Å². The van der Waals surface area contributed by atoms with Crippen LogP contribution in [0.15, 0.2) is 24.3 Å². The number of nitrogens with zero attached hydrogens (tertiary/aromatic N) is 1. The highest BCUT2D eigenvalue weighted by Crippen LogP contribution is 2.27. The molecule has 1 heterocycles. The van der Waals surface area contributed by atoms with Gasteiger partial charge >= 0.3 is 0 Å². The quantitative estimate of drug-likeness (QED) is 0.842. The first-order chi connectivity index (χ1) is 9.08. The minimum atomic E-state index is -0.220. The number of Topliss-reactive ketones (excluding diaryl/α,β-unsaturated/α-hetero) is 1. The first-order valence-electron chi connectivity index (χ1n) is 6.71. The summed E-state index contributed by atoms with van der Waals surface area (Å²) in [5, 5.41) is 0. The molecular formula is C15H20N2O2. The second kappa shape index (κ2) is 5.87. The number of ketones is 1. The molecule has 4 nitrogen and oxygen atoms in total. The lowest BCUT2D eigenvalue weighted by Crippen LogP contribution is -2.35. The lowest BCUT2D eigenvalue weighted by atomic mass is 9.92. The summed E-state index contributed by atoms with van der Waals surface area (Å²) in [5.41, 5.74) is 7.02. The number of anilines is 1. The van der Waals surface area contributed by atoms with Crippen molar-refractivity contribution in [1.29, 1.82) is 0 Å². The van der Waals surface area contributed by atoms with Gasteiger partial charge in [-0.2, -0.15) is 0 Å². The predicted octanol–water partition coefficient (Wildman–Crippen LogP) is 1.98. The van der Waals surface area contributed by atoms with E-state index in [1.807, 2.05) is 24.3 Å². The minimum absolute atomic E-state index is 0.0925. The van der Waals surface area contributed by atoms with Gasteiger partial charge in [-0.05, 0) is 37.8 Å². The molecule has 1 aromatic rings. The Labute approximate surface area is 113 Å². The highest BCUT2D eigenvalue weighted by molar-refractivity contribution is 5.99. The van der Waals surface area contributed by atoms with Crippen LogP contribution in [-0.2, 0) is 4.79 Å². The third kappa shape index (κ3) is 3.34. The van der Waals surface area contributed by atoms with Gasteiger partial charge in [0.2, 0.25) is 5.91 Å². The average molecular weight is 260 g/mol. The van der Waals surface area contributed by atoms with Gasteiger partial charge in [0.05, 0.1) is 0 Å². The van der Waals surface area contributed by atoms with Crippen molar-refractivity contribution >= 4 is 17.4 Å². The molecule has 0 aromatic heterocycles. The number of primary amides is 1. The maximum atomic E-state index is 11.6. The summed E-state index contributed by atoms with van der Waals surface area (Å²) < 4.78 is 0. The van der Waals surface area contributed by atoms with Crippen molar-refractivity contribution in [3.63, 3.8) is 0 Å². The van der Waals surface area contributed by atoms with Crippen molar-refractivity contribution in [3.05, 3.63) is 29.8 Å². The van der Waals surface area contributed by atoms with Gasteiger partial charge in [0.1, 0.15) is 0 Å². The van der Waals surface area contributed by atoms with E-state index < -0.39 is 0 Å². The Balaban J connectivity index is 2.05. The van der Waals surface area contributed by atoms with Crippen LogP contribution in [0.3, 0.4) is 0 Å². The molecule has 0 unspecified atom stereocenters. The van der Waals surface area contributed by atoms with Crippen LogP contribution < -0.4 is 10.6 Å². The minimum Gasteiger partial charge on any atom is -0.371 e. The molecule has 1 amide bonds. The molecule has 19 heavy (non-hydrogen) atoms. The van der Waals surface area contributed by atoms with Crippen molar-refractivity contribution in [2.45, 2.75) is 26.2 Å². The summed E-state index contributed by atoms with van der Waals surface area (Å²) in [6.45, 7) is 3.35. The monoisotopic (exact) mass is 260 g/mol. The Hall–Kier alpha value is -1.84. The van der Waals surface area contributed by atoms with Crippen LogP contribution in [-0.4, -0.2) is 24.8 Å². The largest absolute Gasteiger partial charge is 0.371 e. The number of hydrogen-bond donors (Lipinski definition) is 1. The normalized spacial score (nSPS) is 16.4. The smallest absolute Gasteiger partial charge is 0.217 e. The van der Waals surface area contributed by atoms with Crippen LogP contribution in [0.2, 0.25) is 0 Å². The van der Waals surface area contributed by atoms with Crippen LogP contribution in [0.1, 0.15) is 36.5 Å². The zero-order chi connectivity index (χ0) is 13.8. The maximum absolute atomic E-state index is 11.6. The molecule has 0 atom stereocenters. The molecule has 102 valence electrons. The van der Waals surface area contributed by atoms with Gasteiger partial charge in [-0.25, -0.2) is 0 Å².